The molecule has 5 aliphatic rings. The molecule has 0 aromatic heterocycles. The summed E-state index contributed by atoms with van der Waals surface area (Å²) in [4.78, 5) is 28.1. The van der Waals surface area contributed by atoms with E-state index in [9.17, 15) is 19.9 Å². The molecule has 0 radical (unpaired) electrons. The maximum Gasteiger partial charge on any atom is 0.303 e. The molecule has 0 spiro atoms. The summed E-state index contributed by atoms with van der Waals surface area (Å²) in [6.07, 6.45) is 10.3. The minimum atomic E-state index is -0.987. The lowest BCUT2D eigenvalue weighted by Gasteiger charge is -2.54. The molecule has 5 atom stereocenters. The van der Waals surface area contributed by atoms with E-state index >= 15 is 0 Å². The number of ether oxygens (including phenoxy) is 1. The number of hydrogen-bond donors (Lipinski definition) is 2. The second-order valence-electron chi connectivity index (χ2n) is 13.0. The van der Waals surface area contributed by atoms with Gasteiger partial charge >= 0.3 is 5.97 Å². The van der Waals surface area contributed by atoms with Crippen LogP contribution in [0.2, 0.25) is 0 Å². The summed E-state index contributed by atoms with van der Waals surface area (Å²) in [7, 11) is 0. The fourth-order valence-corrected chi connectivity index (χ4v) is 9.18. The minimum absolute atomic E-state index is 0.116. The molecule has 222 valence electrons. The Kier molecular flexibility index (Phi) is 7.78. The average Bonchev–Trinajstić information content (AvgIpc) is 3.65. The molecular weight excluding hydrogens is 528 g/mol. The first-order valence-electron chi connectivity index (χ1n) is 15.6. The van der Waals surface area contributed by atoms with Gasteiger partial charge in [-0.15, -0.1) is 0 Å². The lowest BCUT2D eigenvalue weighted by atomic mass is 9.48. The molecule has 0 bridgehead atoms. The molecule has 1 aromatic carbocycles. The number of hydrogen-bond acceptors (Lipinski definition) is 7. The highest BCUT2D eigenvalue weighted by molar-refractivity contribution is 5.97. The Balaban J connectivity index is 1.47. The van der Waals surface area contributed by atoms with Crippen molar-refractivity contribution >= 4 is 23.2 Å². The quantitative estimate of drug-likeness (QED) is 0.208. The molecule has 6 rings (SSSR count). The fraction of sp³-hybridized carbons (Fsp3) is 0.571. The average molecular weight is 571 g/mol. The number of oxime groups is 1. The molecule has 1 aromatic rings. The van der Waals surface area contributed by atoms with Crippen LogP contribution in [-0.2, 0) is 14.3 Å². The topological polar surface area (TPSA) is 99.4 Å². The van der Waals surface area contributed by atoms with Gasteiger partial charge in [0.25, 0.3) is 0 Å². The number of ketones is 1. The number of Topliss-reactive ketones (excluding diaryl/α,β-unsaturated/α-hetero) is 1. The molecule has 2 saturated carbocycles. The van der Waals surface area contributed by atoms with E-state index in [0.29, 0.717) is 12.3 Å². The van der Waals surface area contributed by atoms with Gasteiger partial charge in [0, 0.05) is 31.6 Å². The second-order valence-corrected chi connectivity index (χ2v) is 13.0. The largest absolute Gasteiger partial charge is 0.458 e. The van der Waals surface area contributed by atoms with Crippen molar-refractivity contribution < 1.29 is 24.6 Å². The van der Waals surface area contributed by atoms with Gasteiger partial charge in [-0.25, -0.2) is 0 Å². The molecule has 0 unspecified atom stereocenters. The van der Waals surface area contributed by atoms with Crippen LogP contribution >= 0.6 is 0 Å². The maximum absolute atomic E-state index is 14.0. The summed E-state index contributed by atoms with van der Waals surface area (Å²) >= 11 is 0. The summed E-state index contributed by atoms with van der Waals surface area (Å²) < 4.78 is 5.25. The van der Waals surface area contributed by atoms with Crippen molar-refractivity contribution in [2.45, 2.75) is 77.6 Å². The number of aliphatic hydroxyl groups excluding tert-OH is 1. The molecule has 42 heavy (non-hydrogen) atoms. The van der Waals surface area contributed by atoms with Gasteiger partial charge < -0.3 is 20.0 Å². The van der Waals surface area contributed by atoms with E-state index in [1.54, 1.807) is 0 Å². The standard InChI is InChI=1S/C35H42N2O5/c1-23(39)42-22-32(40)35(15-5-19-38)16-14-31-29-12-8-25-20-26(36-41)9-13-28(25)33(29)30(21-34(31,35)2)24-6-10-27(11-7-24)37-17-3-4-18-37/h6-7,10-11,20,29-31,38,41H,3-4,8-9,12-14,16-19,21-22H2,1-2H3/t29-,30+,31-,34-,35+/m0/s1. The molecule has 2 N–H and O–H groups in total. The van der Waals surface area contributed by atoms with E-state index in [2.05, 4.69) is 59.2 Å². The zero-order valence-corrected chi connectivity index (χ0v) is 24.8. The van der Waals surface area contributed by atoms with Gasteiger partial charge in [0.1, 0.15) is 6.61 Å². The van der Waals surface area contributed by atoms with E-state index in [1.165, 1.54) is 47.7 Å². The van der Waals surface area contributed by atoms with Crippen molar-refractivity contribution in [2.75, 3.05) is 31.2 Å². The Morgan fingerprint density at radius 2 is 1.88 bits per heavy atom. The van der Waals surface area contributed by atoms with Crippen LogP contribution in [0, 0.1) is 34.5 Å². The Labute approximate surface area is 248 Å². The van der Waals surface area contributed by atoms with Crippen LogP contribution in [0.3, 0.4) is 0 Å². The Morgan fingerprint density at radius 3 is 2.57 bits per heavy atom. The summed E-state index contributed by atoms with van der Waals surface area (Å²) in [5, 5.41) is 22.7. The van der Waals surface area contributed by atoms with E-state index in [-0.39, 0.29) is 30.8 Å². The van der Waals surface area contributed by atoms with E-state index in [4.69, 9.17) is 4.74 Å². The molecule has 7 heteroatoms. The number of benzene rings is 1. The second kappa shape index (κ2) is 11.4. The van der Waals surface area contributed by atoms with Crippen LogP contribution in [0.4, 0.5) is 5.69 Å². The lowest BCUT2D eigenvalue weighted by molar-refractivity contribution is -0.150. The zero-order chi connectivity index (χ0) is 29.5. The maximum atomic E-state index is 14.0. The Hall–Kier alpha value is -3.37. The predicted molar refractivity (Wildman–Crippen MR) is 161 cm³/mol. The highest BCUT2D eigenvalue weighted by Crippen LogP contribution is 2.69. The van der Waals surface area contributed by atoms with Crippen LogP contribution in [0.1, 0.15) is 83.1 Å². The van der Waals surface area contributed by atoms with Crippen molar-refractivity contribution in [3.8, 4) is 11.8 Å². The van der Waals surface area contributed by atoms with Crippen LogP contribution in [-0.4, -0.2) is 54.1 Å². The third-order valence-corrected chi connectivity index (χ3v) is 11.1. The Bertz CT molecular complexity index is 1410. The van der Waals surface area contributed by atoms with Crippen LogP contribution in [0.25, 0.3) is 0 Å². The predicted octanol–water partition coefficient (Wildman–Crippen LogP) is 5.56. The van der Waals surface area contributed by atoms with Crippen molar-refractivity contribution in [1.29, 1.82) is 0 Å². The molecule has 7 nitrogen and oxygen atoms in total. The number of allylic oxidation sites excluding steroid dienone is 4. The van der Waals surface area contributed by atoms with Gasteiger partial charge in [-0.1, -0.05) is 41.6 Å². The monoisotopic (exact) mass is 570 g/mol. The van der Waals surface area contributed by atoms with Gasteiger partial charge in [0.05, 0.1) is 11.1 Å². The summed E-state index contributed by atoms with van der Waals surface area (Å²) in [5.74, 6) is 6.18. The van der Waals surface area contributed by atoms with Crippen LogP contribution in [0.5, 0.6) is 0 Å². The minimum Gasteiger partial charge on any atom is -0.458 e. The summed E-state index contributed by atoms with van der Waals surface area (Å²) in [6, 6.07) is 9.08. The molecule has 1 saturated heterocycles. The SMILES string of the molecule is CC(=O)OCC(=O)[C@@]1(C#CCO)CC[C@H]2[C@@H]3CCC4=CC(=NO)CCC4=C3[C@@H](c3ccc(N4CCCC4)cc3)C[C@@]21C. The number of esters is 1. The number of carbonyl (C=O) groups is 2. The zero-order valence-electron chi connectivity index (χ0n) is 24.8. The number of fused-ring (bicyclic) bond motifs is 4. The molecule has 0 amide bonds. The molecule has 4 aliphatic carbocycles. The van der Waals surface area contributed by atoms with E-state index in [0.717, 1.165) is 57.3 Å². The van der Waals surface area contributed by atoms with Crippen molar-refractivity contribution in [3.63, 3.8) is 0 Å². The van der Waals surface area contributed by atoms with Gasteiger partial charge in [0.15, 0.2) is 12.4 Å². The highest BCUT2D eigenvalue weighted by atomic mass is 16.5. The number of carbonyl (C=O) groups excluding carboxylic acids is 2. The third kappa shape index (κ3) is 4.68. The number of nitrogens with zero attached hydrogens (tertiary/aromatic N) is 2. The normalized spacial score (nSPS) is 32.8. The first-order chi connectivity index (χ1) is 20.3. The first-order valence-corrected chi connectivity index (χ1v) is 15.6. The summed E-state index contributed by atoms with van der Waals surface area (Å²) in [5.41, 5.74) is 6.03. The van der Waals surface area contributed by atoms with Gasteiger partial charge in [0.2, 0.25) is 0 Å². The lowest BCUT2D eigenvalue weighted by Crippen LogP contribution is -2.51. The van der Waals surface area contributed by atoms with E-state index < -0.39 is 16.8 Å². The van der Waals surface area contributed by atoms with Crippen molar-refractivity contribution in [1.82, 2.24) is 0 Å². The van der Waals surface area contributed by atoms with Gasteiger partial charge in [-0.05, 0) is 110 Å². The van der Waals surface area contributed by atoms with Crippen molar-refractivity contribution in [3.05, 3.63) is 52.6 Å². The smallest absolute Gasteiger partial charge is 0.303 e. The molecule has 1 heterocycles. The Morgan fingerprint density at radius 1 is 1.12 bits per heavy atom. The molecule has 1 aliphatic heterocycles. The van der Waals surface area contributed by atoms with E-state index in [1.807, 2.05) is 0 Å². The highest BCUT2D eigenvalue weighted by Gasteiger charge is 2.65. The van der Waals surface area contributed by atoms with Gasteiger partial charge in [-0.3, -0.25) is 9.59 Å². The van der Waals surface area contributed by atoms with Crippen LogP contribution in [0.15, 0.2) is 52.2 Å². The molecule has 3 fully saturated rings. The van der Waals surface area contributed by atoms with Crippen molar-refractivity contribution in [2.24, 2.45) is 27.8 Å². The number of aliphatic hydroxyl groups is 1. The fourth-order valence-electron chi connectivity index (χ4n) is 9.18. The number of anilines is 1. The first kappa shape index (κ1) is 28.7. The summed E-state index contributed by atoms with van der Waals surface area (Å²) in [6.45, 7) is 5.15. The van der Waals surface area contributed by atoms with Gasteiger partial charge in [-0.2, -0.15) is 0 Å². The number of rotatable bonds is 5. The van der Waals surface area contributed by atoms with Crippen LogP contribution < -0.4 is 4.90 Å². The third-order valence-electron chi connectivity index (χ3n) is 11.1. The molecular formula is C35H42N2O5.